The molecule has 0 aromatic heterocycles. The molecule has 0 aromatic carbocycles. The van der Waals surface area contributed by atoms with Crippen LogP contribution in [0.1, 0.15) is 60.3 Å². The first-order valence-electron chi connectivity index (χ1n) is 7.14. The van der Waals surface area contributed by atoms with Crippen LogP contribution in [-0.2, 0) is 13.6 Å². The standard InChI is InChI=1S/C14H29O3P/c1-6-10-11-14(12-13(5)7-2)18(15,16-8-3)17-9-4/h12-13H,6-11H2,1-5H3/b14-12-. The first kappa shape index (κ1) is 17.9. The second kappa shape index (κ2) is 9.77. The van der Waals surface area contributed by atoms with Crippen LogP contribution in [0.3, 0.4) is 0 Å². The molecule has 0 radical (unpaired) electrons. The Morgan fingerprint density at radius 2 is 1.72 bits per heavy atom. The monoisotopic (exact) mass is 276 g/mol. The molecule has 108 valence electrons. The minimum absolute atomic E-state index is 0.408. The van der Waals surface area contributed by atoms with Crippen LogP contribution in [0.15, 0.2) is 11.4 Å². The van der Waals surface area contributed by atoms with Gasteiger partial charge in [0.05, 0.1) is 13.2 Å². The van der Waals surface area contributed by atoms with Crippen molar-refractivity contribution in [2.24, 2.45) is 5.92 Å². The fraction of sp³-hybridized carbons (Fsp3) is 0.857. The van der Waals surface area contributed by atoms with Gasteiger partial charge in [0.25, 0.3) is 0 Å². The third-order valence-corrected chi connectivity index (χ3v) is 5.13. The van der Waals surface area contributed by atoms with Crippen molar-refractivity contribution >= 4 is 7.60 Å². The second-order valence-electron chi connectivity index (χ2n) is 4.48. The minimum Gasteiger partial charge on any atom is -0.306 e. The molecule has 18 heavy (non-hydrogen) atoms. The lowest BCUT2D eigenvalue weighted by molar-refractivity contribution is 0.225. The molecule has 1 unspecified atom stereocenters. The SMILES string of the molecule is CCCC/C(=C/C(C)CC)P(=O)(OCC)OCC. The summed E-state index contributed by atoms with van der Waals surface area (Å²) in [5.74, 6) is 0.408. The van der Waals surface area contributed by atoms with Gasteiger partial charge in [-0.3, -0.25) is 4.57 Å². The average Bonchev–Trinajstić information content (AvgIpc) is 2.34. The van der Waals surface area contributed by atoms with E-state index in [1.165, 1.54) is 0 Å². The van der Waals surface area contributed by atoms with Crippen LogP contribution in [0, 0.1) is 5.92 Å². The van der Waals surface area contributed by atoms with E-state index in [0.29, 0.717) is 19.1 Å². The number of hydrogen-bond acceptors (Lipinski definition) is 3. The number of unbranched alkanes of at least 4 members (excludes halogenated alkanes) is 1. The minimum atomic E-state index is -3.07. The highest BCUT2D eigenvalue weighted by atomic mass is 31.2. The van der Waals surface area contributed by atoms with Crippen LogP contribution in [0.25, 0.3) is 0 Å². The quantitative estimate of drug-likeness (QED) is 0.503. The first-order valence-corrected chi connectivity index (χ1v) is 8.68. The summed E-state index contributed by atoms with van der Waals surface area (Å²) in [5, 5.41) is 0.863. The van der Waals surface area contributed by atoms with Gasteiger partial charge in [0.1, 0.15) is 0 Å². The topological polar surface area (TPSA) is 35.5 Å². The zero-order valence-corrected chi connectivity index (χ0v) is 13.5. The molecule has 3 nitrogen and oxygen atoms in total. The van der Waals surface area contributed by atoms with E-state index in [9.17, 15) is 4.57 Å². The van der Waals surface area contributed by atoms with Crippen LogP contribution in [0.4, 0.5) is 0 Å². The van der Waals surface area contributed by atoms with E-state index < -0.39 is 7.60 Å². The highest BCUT2D eigenvalue weighted by molar-refractivity contribution is 7.58. The molecular formula is C14H29O3P. The molecule has 0 aliphatic rings. The van der Waals surface area contributed by atoms with Gasteiger partial charge in [-0.15, -0.1) is 0 Å². The van der Waals surface area contributed by atoms with E-state index in [1.54, 1.807) is 0 Å². The molecule has 0 saturated heterocycles. The molecular weight excluding hydrogens is 247 g/mol. The van der Waals surface area contributed by atoms with Crippen molar-refractivity contribution in [2.75, 3.05) is 13.2 Å². The Kier molecular flexibility index (Phi) is 9.71. The van der Waals surface area contributed by atoms with Crippen molar-refractivity contribution in [2.45, 2.75) is 60.3 Å². The average molecular weight is 276 g/mol. The van der Waals surface area contributed by atoms with E-state index in [1.807, 2.05) is 13.8 Å². The number of rotatable bonds is 10. The molecule has 0 aliphatic heterocycles. The van der Waals surface area contributed by atoms with Crippen LogP contribution in [0.5, 0.6) is 0 Å². The molecule has 0 fully saturated rings. The van der Waals surface area contributed by atoms with Crippen molar-refractivity contribution in [1.29, 1.82) is 0 Å². The Morgan fingerprint density at radius 3 is 2.11 bits per heavy atom. The molecule has 0 bridgehead atoms. The Hall–Kier alpha value is -0.110. The summed E-state index contributed by atoms with van der Waals surface area (Å²) in [6.07, 6.45) is 6.02. The molecule has 0 saturated carbocycles. The van der Waals surface area contributed by atoms with E-state index in [-0.39, 0.29) is 0 Å². The van der Waals surface area contributed by atoms with Crippen molar-refractivity contribution in [3.05, 3.63) is 11.4 Å². The van der Waals surface area contributed by atoms with Crippen LogP contribution in [-0.4, -0.2) is 13.2 Å². The molecule has 0 aromatic rings. The molecule has 0 amide bonds. The zero-order chi connectivity index (χ0) is 14.0. The van der Waals surface area contributed by atoms with Crippen LogP contribution >= 0.6 is 7.60 Å². The summed E-state index contributed by atoms with van der Waals surface area (Å²) in [6, 6.07) is 0. The third kappa shape index (κ3) is 6.17. The zero-order valence-electron chi connectivity index (χ0n) is 12.6. The Balaban J connectivity index is 5.09. The molecule has 0 N–H and O–H groups in total. The van der Waals surface area contributed by atoms with E-state index in [0.717, 1.165) is 31.0 Å². The fourth-order valence-corrected chi connectivity index (χ4v) is 3.61. The largest absolute Gasteiger partial charge is 0.356 e. The summed E-state index contributed by atoms with van der Waals surface area (Å²) in [4.78, 5) is 0. The third-order valence-electron chi connectivity index (χ3n) is 2.86. The second-order valence-corrected chi connectivity index (χ2v) is 6.57. The molecule has 0 spiro atoms. The van der Waals surface area contributed by atoms with Crippen molar-refractivity contribution in [3.63, 3.8) is 0 Å². The Morgan fingerprint density at radius 1 is 1.17 bits per heavy atom. The lowest BCUT2D eigenvalue weighted by Gasteiger charge is -2.21. The lowest BCUT2D eigenvalue weighted by atomic mass is 10.1. The Labute approximate surface area is 112 Å². The smallest absolute Gasteiger partial charge is 0.306 e. The highest BCUT2D eigenvalue weighted by Gasteiger charge is 2.29. The molecule has 4 heteroatoms. The maximum atomic E-state index is 12.8. The summed E-state index contributed by atoms with van der Waals surface area (Å²) in [5.41, 5.74) is 0. The van der Waals surface area contributed by atoms with Gasteiger partial charge in [-0.2, -0.15) is 0 Å². The maximum Gasteiger partial charge on any atom is 0.356 e. The fourth-order valence-electron chi connectivity index (χ4n) is 1.66. The normalized spacial score (nSPS) is 14.8. The number of allylic oxidation sites excluding steroid dienone is 2. The van der Waals surface area contributed by atoms with Crippen molar-refractivity contribution in [1.82, 2.24) is 0 Å². The van der Waals surface area contributed by atoms with Gasteiger partial charge in [0.2, 0.25) is 0 Å². The summed E-state index contributed by atoms with van der Waals surface area (Å²) in [7, 11) is -3.07. The van der Waals surface area contributed by atoms with Gasteiger partial charge >= 0.3 is 7.60 Å². The van der Waals surface area contributed by atoms with Crippen LogP contribution in [0.2, 0.25) is 0 Å². The van der Waals surface area contributed by atoms with Crippen molar-refractivity contribution < 1.29 is 13.6 Å². The predicted molar refractivity (Wildman–Crippen MR) is 77.9 cm³/mol. The highest BCUT2D eigenvalue weighted by Crippen LogP contribution is 2.58. The predicted octanol–water partition coefficient (Wildman–Crippen LogP) is 5.37. The van der Waals surface area contributed by atoms with Gasteiger partial charge in [0.15, 0.2) is 0 Å². The van der Waals surface area contributed by atoms with E-state index in [4.69, 9.17) is 9.05 Å². The first-order chi connectivity index (χ1) is 8.53. The van der Waals surface area contributed by atoms with Gasteiger partial charge in [-0.25, -0.2) is 0 Å². The summed E-state index contributed by atoms with van der Waals surface area (Å²) < 4.78 is 23.6. The summed E-state index contributed by atoms with van der Waals surface area (Å²) >= 11 is 0. The molecule has 0 aliphatic carbocycles. The van der Waals surface area contributed by atoms with Crippen LogP contribution < -0.4 is 0 Å². The Bertz CT molecular complexity index is 277. The maximum absolute atomic E-state index is 12.8. The van der Waals surface area contributed by atoms with E-state index in [2.05, 4.69) is 26.8 Å². The van der Waals surface area contributed by atoms with Crippen molar-refractivity contribution in [3.8, 4) is 0 Å². The van der Waals surface area contributed by atoms with Gasteiger partial charge in [-0.1, -0.05) is 39.7 Å². The molecule has 1 atom stereocenters. The lowest BCUT2D eigenvalue weighted by Crippen LogP contribution is -2.01. The molecule has 0 rings (SSSR count). The summed E-state index contributed by atoms with van der Waals surface area (Å²) in [6.45, 7) is 10.9. The van der Waals surface area contributed by atoms with Gasteiger partial charge < -0.3 is 9.05 Å². The van der Waals surface area contributed by atoms with Gasteiger partial charge in [0, 0.05) is 5.31 Å². The van der Waals surface area contributed by atoms with Gasteiger partial charge in [-0.05, 0) is 32.6 Å². The molecule has 0 heterocycles. The van der Waals surface area contributed by atoms with E-state index >= 15 is 0 Å². The number of hydrogen-bond donors (Lipinski definition) is 0.